The van der Waals surface area contributed by atoms with Gasteiger partial charge in [0.05, 0.1) is 32.5 Å². The largest absolute Gasteiger partial charge is 0.387 e. The lowest BCUT2D eigenvalue weighted by Crippen LogP contribution is -2.40. The van der Waals surface area contributed by atoms with Crippen LogP contribution in [0.4, 0.5) is 0 Å². The molecule has 2 heterocycles. The van der Waals surface area contributed by atoms with Crippen LogP contribution in [0.3, 0.4) is 0 Å². The smallest absolute Gasteiger partial charge is 0.353 e. The van der Waals surface area contributed by atoms with E-state index in [-0.39, 0.29) is 25.9 Å². The molecular weight excluding hydrogens is 467 g/mol. The van der Waals surface area contributed by atoms with Gasteiger partial charge in [-0.3, -0.25) is 18.9 Å². The first kappa shape index (κ1) is 25.5. The van der Waals surface area contributed by atoms with Gasteiger partial charge >= 0.3 is 13.3 Å². The molecule has 2 saturated carbocycles. The van der Waals surface area contributed by atoms with E-state index in [9.17, 15) is 19.3 Å². The number of ether oxygens (including phenoxy) is 3. The van der Waals surface area contributed by atoms with Crippen molar-refractivity contribution in [2.45, 2.75) is 70.7 Å². The summed E-state index contributed by atoms with van der Waals surface area (Å²) < 4.78 is 42.2. The molecule has 34 heavy (non-hydrogen) atoms. The zero-order valence-electron chi connectivity index (χ0n) is 19.7. The second-order valence-corrected chi connectivity index (χ2v) is 10.8. The molecule has 2 N–H and O–H groups in total. The minimum absolute atomic E-state index is 0.179. The molecule has 1 spiro atoms. The molecule has 4 rings (SSSR count). The maximum absolute atomic E-state index is 12.8. The maximum Gasteiger partial charge on any atom is 0.353 e. The summed E-state index contributed by atoms with van der Waals surface area (Å²) in [5.41, 5.74) is -0.482. The lowest BCUT2D eigenvalue weighted by molar-refractivity contribution is -0.0833. The molecule has 0 radical (unpaired) electrons. The van der Waals surface area contributed by atoms with E-state index < -0.39 is 43.4 Å². The Morgan fingerprint density at radius 3 is 2.53 bits per heavy atom. The highest BCUT2D eigenvalue weighted by atomic mass is 31.2. The minimum atomic E-state index is -3.52. The van der Waals surface area contributed by atoms with Crippen LogP contribution in [0.5, 0.6) is 0 Å². The average molecular weight is 500 g/mol. The number of H-pyrrole nitrogens is 1. The Balaban J connectivity index is 1.49. The first-order valence-corrected chi connectivity index (χ1v) is 13.3. The maximum atomic E-state index is 12.8. The number of hydrogen-bond acceptors (Lipinski definition) is 9. The predicted octanol–water partition coefficient (Wildman–Crippen LogP) is 1.84. The summed E-state index contributed by atoms with van der Waals surface area (Å²) in [6.45, 7) is 5.85. The van der Waals surface area contributed by atoms with Crippen LogP contribution in [-0.2, 0) is 27.8 Å². The molecule has 0 bridgehead atoms. The van der Waals surface area contributed by atoms with Crippen LogP contribution in [-0.4, -0.2) is 65.5 Å². The van der Waals surface area contributed by atoms with Gasteiger partial charge in [-0.2, -0.15) is 0 Å². The van der Waals surface area contributed by atoms with E-state index >= 15 is 0 Å². The van der Waals surface area contributed by atoms with Crippen LogP contribution in [0.2, 0.25) is 0 Å². The van der Waals surface area contributed by atoms with E-state index in [1.807, 2.05) is 0 Å². The van der Waals surface area contributed by atoms with Crippen molar-refractivity contribution in [3.05, 3.63) is 44.5 Å². The van der Waals surface area contributed by atoms with Crippen molar-refractivity contribution in [1.82, 2.24) is 9.55 Å². The Morgan fingerprint density at radius 2 is 1.91 bits per heavy atom. The fourth-order valence-electron chi connectivity index (χ4n) is 4.29. The number of aliphatic hydroxyl groups is 1. The normalized spacial score (nSPS) is 29.8. The van der Waals surface area contributed by atoms with Crippen LogP contribution < -0.4 is 11.2 Å². The van der Waals surface area contributed by atoms with Crippen molar-refractivity contribution >= 4 is 7.60 Å². The summed E-state index contributed by atoms with van der Waals surface area (Å²) in [5.74, 6) is 1.25. The van der Waals surface area contributed by atoms with Crippen LogP contribution in [0.1, 0.15) is 44.9 Å². The van der Waals surface area contributed by atoms with Crippen molar-refractivity contribution in [3.8, 4) is 0 Å². The van der Waals surface area contributed by atoms with Gasteiger partial charge in [-0.15, -0.1) is 0 Å². The number of nitrogens with zero attached hydrogens (tertiary/aromatic N) is 1. The number of aliphatic hydroxyl groups excluding tert-OH is 1. The van der Waals surface area contributed by atoms with Gasteiger partial charge in [0.15, 0.2) is 6.23 Å². The van der Waals surface area contributed by atoms with Crippen molar-refractivity contribution in [2.75, 3.05) is 26.4 Å². The molecule has 0 aromatic carbocycles. The quantitative estimate of drug-likeness (QED) is 0.325. The molecule has 2 aliphatic carbocycles. The fraction of sp³-hybridized carbons (Fsp3) is 0.727. The van der Waals surface area contributed by atoms with Gasteiger partial charge in [0.1, 0.15) is 18.3 Å². The highest BCUT2D eigenvalue weighted by Crippen LogP contribution is 2.67. The van der Waals surface area contributed by atoms with Crippen molar-refractivity contribution in [2.24, 2.45) is 5.41 Å². The molecular formula is C22H33N2O9P. The summed E-state index contributed by atoms with van der Waals surface area (Å²) in [5, 5.41) is 11.0. The van der Waals surface area contributed by atoms with E-state index in [4.69, 9.17) is 23.3 Å². The lowest BCUT2D eigenvalue weighted by Gasteiger charge is -2.22. The minimum Gasteiger partial charge on any atom is -0.387 e. The standard InChI is InChI=1S/C22H33N2O9P/c1-4-31-34(28,32-5-2)11-6-15-17(25)18(30-10-9-29-16-12-22(16)7-8-22)20(33-15)24-13-14(3)19(26)23-21(24)27/h6,11,13,15-18,20,25H,4-5,7-10,12H2,1-3H3,(H,23,26,27)/b11-6+/t15?,16?,17-,18-,20-/m1/s1. The Bertz CT molecular complexity index is 1050. The third-order valence-corrected chi connectivity index (χ3v) is 8.24. The van der Waals surface area contributed by atoms with Gasteiger partial charge in [-0.25, -0.2) is 4.79 Å². The molecule has 190 valence electrons. The number of hydrogen-bond donors (Lipinski definition) is 2. The third-order valence-electron chi connectivity index (χ3n) is 6.47. The molecule has 1 aromatic rings. The number of nitrogens with one attached hydrogen (secondary N) is 1. The molecule has 2 unspecified atom stereocenters. The Kier molecular flexibility index (Phi) is 7.64. The van der Waals surface area contributed by atoms with E-state index in [0.29, 0.717) is 17.6 Å². The van der Waals surface area contributed by atoms with Gasteiger partial charge in [-0.1, -0.05) is 0 Å². The number of aromatic nitrogens is 2. The molecule has 12 heteroatoms. The molecule has 0 amide bonds. The van der Waals surface area contributed by atoms with Crippen LogP contribution in [0.25, 0.3) is 0 Å². The predicted molar refractivity (Wildman–Crippen MR) is 122 cm³/mol. The molecule has 3 fully saturated rings. The van der Waals surface area contributed by atoms with Gasteiger partial charge < -0.3 is 28.4 Å². The SMILES string of the molecule is CCOP(=O)(/C=C/C1O[C@@H](n2cc(C)c(=O)[nH]c2=O)[C@H](OCCOC2CC23CC3)[C@@H]1O)OCC. The monoisotopic (exact) mass is 500 g/mol. The zero-order valence-corrected chi connectivity index (χ0v) is 20.6. The Labute approximate surface area is 197 Å². The Hall–Kier alpha value is -1.59. The van der Waals surface area contributed by atoms with Crippen LogP contribution in [0, 0.1) is 12.3 Å². The fourth-order valence-corrected chi connectivity index (χ4v) is 5.64. The number of aryl methyl sites for hydroxylation is 1. The first-order chi connectivity index (χ1) is 16.2. The number of aromatic amines is 1. The molecule has 3 aliphatic rings. The molecule has 1 aromatic heterocycles. The Morgan fingerprint density at radius 1 is 1.24 bits per heavy atom. The molecule has 5 atom stereocenters. The summed E-state index contributed by atoms with van der Waals surface area (Å²) in [7, 11) is -3.52. The molecule has 1 aliphatic heterocycles. The van der Waals surface area contributed by atoms with Crippen molar-refractivity contribution in [1.29, 1.82) is 0 Å². The first-order valence-electron chi connectivity index (χ1n) is 11.7. The van der Waals surface area contributed by atoms with Gasteiger partial charge in [0.25, 0.3) is 5.56 Å². The van der Waals surface area contributed by atoms with Gasteiger partial charge in [0.2, 0.25) is 0 Å². The van der Waals surface area contributed by atoms with E-state index in [2.05, 4.69) is 4.98 Å². The number of rotatable bonds is 12. The zero-order chi connectivity index (χ0) is 24.5. The molecule has 1 saturated heterocycles. The second-order valence-electron chi connectivity index (χ2n) is 8.94. The highest BCUT2D eigenvalue weighted by Gasteiger charge is 2.63. The highest BCUT2D eigenvalue weighted by molar-refractivity contribution is 7.57. The van der Waals surface area contributed by atoms with Crippen molar-refractivity contribution in [3.63, 3.8) is 0 Å². The second kappa shape index (κ2) is 10.2. The van der Waals surface area contributed by atoms with Gasteiger partial charge in [-0.05, 0) is 51.5 Å². The van der Waals surface area contributed by atoms with E-state index in [1.54, 1.807) is 20.8 Å². The van der Waals surface area contributed by atoms with Crippen molar-refractivity contribution < 1.29 is 32.9 Å². The summed E-state index contributed by atoms with van der Waals surface area (Å²) in [6.07, 6.45) is 2.45. The summed E-state index contributed by atoms with van der Waals surface area (Å²) in [4.78, 5) is 26.5. The lowest BCUT2D eigenvalue weighted by atomic mass is 10.1. The summed E-state index contributed by atoms with van der Waals surface area (Å²) >= 11 is 0. The summed E-state index contributed by atoms with van der Waals surface area (Å²) in [6, 6.07) is 0. The average Bonchev–Trinajstić information content (AvgIpc) is 3.68. The van der Waals surface area contributed by atoms with Crippen LogP contribution >= 0.6 is 7.60 Å². The topological polar surface area (TPSA) is 138 Å². The van der Waals surface area contributed by atoms with E-state index in [0.717, 1.165) is 6.42 Å². The molecule has 11 nitrogen and oxygen atoms in total. The van der Waals surface area contributed by atoms with Gasteiger partial charge in [0, 0.05) is 17.6 Å². The van der Waals surface area contributed by atoms with E-state index in [1.165, 1.54) is 35.5 Å². The third kappa shape index (κ3) is 5.46. The van der Waals surface area contributed by atoms with Crippen LogP contribution in [0.15, 0.2) is 27.7 Å².